The van der Waals surface area contributed by atoms with Crippen LogP contribution in [0.15, 0.2) is 0 Å². The van der Waals surface area contributed by atoms with E-state index in [1.54, 1.807) is 0 Å². The fraction of sp³-hybridized carbons (Fsp3) is 0.571. The summed E-state index contributed by atoms with van der Waals surface area (Å²) in [6.07, 6.45) is 0.759. The van der Waals surface area contributed by atoms with Crippen LogP contribution < -0.4 is 10.6 Å². The van der Waals surface area contributed by atoms with Gasteiger partial charge in [-0.05, 0) is 6.42 Å². The molecular weight excluding hydrogens is 176 g/mol. The largest absolute Gasteiger partial charge is 0.480 e. The van der Waals surface area contributed by atoms with E-state index in [-0.39, 0.29) is 5.91 Å². The molecule has 1 aliphatic rings. The van der Waals surface area contributed by atoms with Gasteiger partial charge >= 0.3 is 5.97 Å². The molecule has 1 atom stereocenters. The number of carbonyl (C=O) groups excluding carboxylic acids is 2. The SMILES string of the molecule is O=C(O)CNC(=O)[C@@H]1CCC(=O)N1. The van der Waals surface area contributed by atoms with E-state index < -0.39 is 24.5 Å². The second-order valence-corrected chi connectivity index (χ2v) is 2.77. The Morgan fingerprint density at radius 2 is 2.31 bits per heavy atom. The zero-order valence-corrected chi connectivity index (χ0v) is 6.87. The Hall–Kier alpha value is -1.59. The second-order valence-electron chi connectivity index (χ2n) is 2.77. The van der Waals surface area contributed by atoms with Crippen molar-refractivity contribution >= 4 is 17.8 Å². The molecule has 0 aromatic carbocycles. The highest BCUT2D eigenvalue weighted by atomic mass is 16.4. The number of nitrogens with one attached hydrogen (secondary N) is 2. The third-order valence-electron chi connectivity index (χ3n) is 1.73. The van der Waals surface area contributed by atoms with E-state index in [0.717, 1.165) is 0 Å². The molecule has 0 aromatic heterocycles. The Labute approximate surface area is 74.3 Å². The molecule has 1 saturated heterocycles. The van der Waals surface area contributed by atoms with Crippen LogP contribution in [0.2, 0.25) is 0 Å². The predicted octanol–water partition coefficient (Wildman–Crippen LogP) is -1.53. The van der Waals surface area contributed by atoms with Crippen molar-refractivity contribution < 1.29 is 19.5 Å². The number of amides is 2. The average molecular weight is 186 g/mol. The number of hydrogen-bond donors (Lipinski definition) is 3. The molecule has 1 aliphatic heterocycles. The van der Waals surface area contributed by atoms with Gasteiger partial charge in [-0.25, -0.2) is 0 Å². The van der Waals surface area contributed by atoms with Crippen LogP contribution in [0, 0.1) is 0 Å². The van der Waals surface area contributed by atoms with Crippen LogP contribution in [0.3, 0.4) is 0 Å². The van der Waals surface area contributed by atoms with Crippen molar-refractivity contribution in [2.24, 2.45) is 0 Å². The lowest BCUT2D eigenvalue weighted by Gasteiger charge is -2.08. The summed E-state index contributed by atoms with van der Waals surface area (Å²) >= 11 is 0. The Balaban J connectivity index is 2.31. The van der Waals surface area contributed by atoms with Crippen molar-refractivity contribution in [3.8, 4) is 0 Å². The van der Waals surface area contributed by atoms with Crippen LogP contribution in [-0.4, -0.2) is 35.5 Å². The van der Waals surface area contributed by atoms with Crippen LogP contribution in [0.1, 0.15) is 12.8 Å². The zero-order chi connectivity index (χ0) is 9.84. The van der Waals surface area contributed by atoms with Gasteiger partial charge in [-0.15, -0.1) is 0 Å². The van der Waals surface area contributed by atoms with E-state index in [0.29, 0.717) is 12.8 Å². The van der Waals surface area contributed by atoms with Gasteiger partial charge in [0.2, 0.25) is 11.8 Å². The van der Waals surface area contributed by atoms with E-state index in [9.17, 15) is 14.4 Å². The molecule has 0 spiro atoms. The summed E-state index contributed by atoms with van der Waals surface area (Å²) in [5, 5.41) is 12.9. The Kier molecular flexibility index (Phi) is 2.84. The van der Waals surface area contributed by atoms with Crippen molar-refractivity contribution in [3.63, 3.8) is 0 Å². The van der Waals surface area contributed by atoms with Gasteiger partial charge < -0.3 is 15.7 Å². The summed E-state index contributed by atoms with van der Waals surface area (Å²) < 4.78 is 0. The molecule has 0 saturated carbocycles. The maximum absolute atomic E-state index is 11.1. The standard InChI is InChI=1S/C7H10N2O4/c10-5-2-1-4(9-5)7(13)8-3-6(11)12/h4H,1-3H2,(H,8,13)(H,9,10)(H,11,12)/t4-/m0/s1. The third kappa shape index (κ3) is 2.73. The quantitative estimate of drug-likeness (QED) is 0.498. The number of carbonyl (C=O) groups is 3. The first kappa shape index (κ1) is 9.50. The van der Waals surface area contributed by atoms with Gasteiger partial charge in [0.05, 0.1) is 0 Å². The highest BCUT2D eigenvalue weighted by molar-refractivity contribution is 5.92. The number of carboxylic acid groups (broad SMARTS) is 1. The van der Waals surface area contributed by atoms with Crippen LogP contribution >= 0.6 is 0 Å². The number of rotatable bonds is 3. The van der Waals surface area contributed by atoms with Gasteiger partial charge in [0.15, 0.2) is 0 Å². The predicted molar refractivity (Wildman–Crippen MR) is 41.8 cm³/mol. The van der Waals surface area contributed by atoms with E-state index >= 15 is 0 Å². The minimum absolute atomic E-state index is 0.171. The molecule has 6 heteroatoms. The van der Waals surface area contributed by atoms with Crippen molar-refractivity contribution in [3.05, 3.63) is 0 Å². The number of hydrogen-bond acceptors (Lipinski definition) is 3. The Bertz CT molecular complexity index is 251. The highest BCUT2D eigenvalue weighted by Crippen LogP contribution is 2.05. The zero-order valence-electron chi connectivity index (χ0n) is 6.87. The first-order valence-corrected chi connectivity index (χ1v) is 3.88. The van der Waals surface area contributed by atoms with E-state index in [4.69, 9.17) is 5.11 Å². The van der Waals surface area contributed by atoms with Crippen LogP contribution in [0.5, 0.6) is 0 Å². The molecule has 1 rings (SSSR count). The fourth-order valence-electron chi connectivity index (χ4n) is 1.10. The van der Waals surface area contributed by atoms with Gasteiger partial charge in [-0.1, -0.05) is 0 Å². The fourth-order valence-corrected chi connectivity index (χ4v) is 1.10. The minimum atomic E-state index is -1.10. The minimum Gasteiger partial charge on any atom is -0.480 e. The van der Waals surface area contributed by atoms with E-state index in [1.165, 1.54) is 0 Å². The maximum Gasteiger partial charge on any atom is 0.322 e. The van der Waals surface area contributed by atoms with Crippen molar-refractivity contribution in [1.82, 2.24) is 10.6 Å². The maximum atomic E-state index is 11.1. The lowest BCUT2D eigenvalue weighted by Crippen LogP contribution is -2.43. The van der Waals surface area contributed by atoms with Crippen molar-refractivity contribution in [2.45, 2.75) is 18.9 Å². The molecule has 0 aliphatic carbocycles. The average Bonchev–Trinajstić information content (AvgIpc) is 2.47. The van der Waals surface area contributed by atoms with Gasteiger partial charge in [0.1, 0.15) is 12.6 Å². The topological polar surface area (TPSA) is 95.5 Å². The molecular formula is C7H10N2O4. The third-order valence-corrected chi connectivity index (χ3v) is 1.73. The molecule has 72 valence electrons. The van der Waals surface area contributed by atoms with Gasteiger partial charge in [0, 0.05) is 6.42 Å². The Morgan fingerprint density at radius 1 is 1.62 bits per heavy atom. The molecule has 6 nitrogen and oxygen atoms in total. The molecule has 0 aromatic rings. The molecule has 0 bridgehead atoms. The molecule has 2 amide bonds. The number of aliphatic carboxylic acids is 1. The van der Waals surface area contributed by atoms with Crippen molar-refractivity contribution in [1.29, 1.82) is 0 Å². The summed E-state index contributed by atoms with van der Waals surface area (Å²) in [4.78, 5) is 31.9. The van der Waals surface area contributed by atoms with Gasteiger partial charge in [-0.3, -0.25) is 14.4 Å². The lowest BCUT2D eigenvalue weighted by atomic mass is 10.2. The monoisotopic (exact) mass is 186 g/mol. The van der Waals surface area contributed by atoms with E-state index in [2.05, 4.69) is 10.6 Å². The molecule has 0 radical (unpaired) electrons. The smallest absolute Gasteiger partial charge is 0.322 e. The van der Waals surface area contributed by atoms with Gasteiger partial charge in [0.25, 0.3) is 0 Å². The summed E-state index contributed by atoms with van der Waals surface area (Å²) in [5.74, 6) is -1.71. The summed E-state index contributed by atoms with van der Waals surface area (Å²) in [6, 6.07) is -0.563. The molecule has 3 N–H and O–H groups in total. The highest BCUT2D eigenvalue weighted by Gasteiger charge is 2.26. The summed E-state index contributed by atoms with van der Waals surface area (Å²) in [7, 11) is 0. The van der Waals surface area contributed by atoms with Crippen LogP contribution in [0.4, 0.5) is 0 Å². The van der Waals surface area contributed by atoms with E-state index in [1.807, 2.05) is 0 Å². The molecule has 13 heavy (non-hydrogen) atoms. The molecule has 1 heterocycles. The normalized spacial score (nSPS) is 20.9. The Morgan fingerprint density at radius 3 is 2.77 bits per heavy atom. The first-order valence-electron chi connectivity index (χ1n) is 3.88. The summed E-state index contributed by atoms with van der Waals surface area (Å²) in [5.41, 5.74) is 0. The van der Waals surface area contributed by atoms with Crippen LogP contribution in [-0.2, 0) is 14.4 Å². The van der Waals surface area contributed by atoms with Crippen LogP contribution in [0.25, 0.3) is 0 Å². The second kappa shape index (κ2) is 3.88. The molecule has 1 fully saturated rings. The van der Waals surface area contributed by atoms with Gasteiger partial charge in [-0.2, -0.15) is 0 Å². The van der Waals surface area contributed by atoms with Crippen molar-refractivity contribution in [2.75, 3.05) is 6.54 Å². The first-order chi connectivity index (χ1) is 6.09. The molecule has 0 unspecified atom stereocenters. The summed E-state index contributed by atoms with van der Waals surface area (Å²) in [6.45, 7) is -0.412. The number of carboxylic acids is 1. The lowest BCUT2D eigenvalue weighted by molar-refractivity contribution is -0.138.